The van der Waals surface area contributed by atoms with Crippen LogP contribution in [0.5, 0.6) is 11.5 Å². The number of furan rings is 1. The zero-order chi connectivity index (χ0) is 23.0. The van der Waals surface area contributed by atoms with Crippen molar-refractivity contribution in [3.63, 3.8) is 0 Å². The maximum atomic E-state index is 6.36. The van der Waals surface area contributed by atoms with Crippen LogP contribution in [-0.4, -0.2) is 37.4 Å². The minimum atomic E-state index is -1.15. The van der Waals surface area contributed by atoms with Gasteiger partial charge in [0.1, 0.15) is 5.82 Å². The summed E-state index contributed by atoms with van der Waals surface area (Å²) in [6.07, 6.45) is 2.05. The number of nitrogens with zero attached hydrogens (tertiary/aromatic N) is 2. The molecule has 1 saturated heterocycles. The Morgan fingerprint density at radius 1 is 1.00 bits per heavy atom. The molecule has 4 aromatic rings. The Labute approximate surface area is 190 Å². The lowest BCUT2D eigenvalue weighted by molar-refractivity contribution is -0.142. The van der Waals surface area contributed by atoms with Gasteiger partial charge in [-0.05, 0) is 17.7 Å². The first-order valence-electron chi connectivity index (χ1n) is 10.4. The Bertz CT molecular complexity index is 1300. The summed E-state index contributed by atoms with van der Waals surface area (Å²) in [4.78, 5) is 8.15. The molecule has 0 atom stereocenters. The molecular formula is C24H24N4O5. The van der Waals surface area contributed by atoms with Crippen LogP contribution in [0.1, 0.15) is 22.5 Å². The van der Waals surface area contributed by atoms with E-state index in [4.69, 9.17) is 34.8 Å². The standard InChI is InChI=1S/C24H24N4O5/c1-29-18-11-14(10-15-13-27-23(26)28-22(15)25)17-12-19(33-20(17)21(18)30-2)24(31-8-9-32-24)16-6-4-3-5-7-16/h3-7,11-13H,8-10H2,1-2H3,(H4,25,26,27,28). The molecule has 1 fully saturated rings. The number of ether oxygens (including phenoxy) is 4. The lowest BCUT2D eigenvalue weighted by Gasteiger charge is -2.25. The monoisotopic (exact) mass is 448 g/mol. The Morgan fingerprint density at radius 3 is 2.42 bits per heavy atom. The average Bonchev–Trinajstić information content (AvgIpc) is 3.50. The third-order valence-corrected chi connectivity index (χ3v) is 5.71. The largest absolute Gasteiger partial charge is 0.493 e. The zero-order valence-corrected chi connectivity index (χ0v) is 18.3. The van der Waals surface area contributed by atoms with Crippen LogP contribution in [0.4, 0.5) is 11.8 Å². The number of nitrogen functional groups attached to an aromatic ring is 2. The van der Waals surface area contributed by atoms with Crippen LogP contribution in [0.3, 0.4) is 0 Å². The van der Waals surface area contributed by atoms with Crippen LogP contribution < -0.4 is 20.9 Å². The summed E-state index contributed by atoms with van der Waals surface area (Å²) in [6, 6.07) is 13.5. The van der Waals surface area contributed by atoms with Gasteiger partial charge >= 0.3 is 0 Å². The first-order chi connectivity index (χ1) is 16.1. The van der Waals surface area contributed by atoms with Crippen LogP contribution in [0.25, 0.3) is 11.0 Å². The number of aromatic nitrogens is 2. The van der Waals surface area contributed by atoms with E-state index in [2.05, 4.69) is 9.97 Å². The molecule has 9 nitrogen and oxygen atoms in total. The molecule has 33 heavy (non-hydrogen) atoms. The summed E-state index contributed by atoms with van der Waals surface area (Å²) >= 11 is 0. The molecule has 2 aromatic carbocycles. The number of rotatable bonds is 6. The number of methoxy groups -OCH3 is 2. The van der Waals surface area contributed by atoms with Gasteiger partial charge in [0.2, 0.25) is 11.7 Å². The van der Waals surface area contributed by atoms with Gasteiger partial charge < -0.3 is 34.8 Å². The SMILES string of the molecule is COc1cc(Cc2cnc(N)nc2N)c2cc(C3(c4ccccc4)OCCO3)oc2c1OC. The molecule has 0 saturated carbocycles. The van der Waals surface area contributed by atoms with Gasteiger partial charge in [0.15, 0.2) is 17.1 Å². The van der Waals surface area contributed by atoms with Gasteiger partial charge in [0.25, 0.3) is 5.79 Å². The predicted octanol–water partition coefficient (Wildman–Crippen LogP) is 3.24. The molecule has 0 aliphatic carbocycles. The first-order valence-corrected chi connectivity index (χ1v) is 10.4. The van der Waals surface area contributed by atoms with E-state index >= 15 is 0 Å². The van der Waals surface area contributed by atoms with E-state index in [0.29, 0.717) is 48.3 Å². The number of hydrogen-bond donors (Lipinski definition) is 2. The van der Waals surface area contributed by atoms with Gasteiger partial charge in [-0.1, -0.05) is 30.3 Å². The van der Waals surface area contributed by atoms with E-state index in [1.165, 1.54) is 0 Å². The van der Waals surface area contributed by atoms with Crippen molar-refractivity contribution in [1.29, 1.82) is 0 Å². The minimum Gasteiger partial charge on any atom is -0.493 e. The molecule has 1 aliphatic heterocycles. The van der Waals surface area contributed by atoms with E-state index < -0.39 is 5.79 Å². The molecule has 2 aromatic heterocycles. The number of hydrogen-bond acceptors (Lipinski definition) is 9. The van der Waals surface area contributed by atoms with Gasteiger partial charge in [-0.3, -0.25) is 0 Å². The van der Waals surface area contributed by atoms with E-state index in [1.54, 1.807) is 20.4 Å². The Hall–Kier alpha value is -3.82. The molecule has 0 bridgehead atoms. The Balaban J connectivity index is 1.71. The number of fused-ring (bicyclic) bond motifs is 1. The second-order valence-corrected chi connectivity index (χ2v) is 7.62. The van der Waals surface area contributed by atoms with Crippen LogP contribution >= 0.6 is 0 Å². The van der Waals surface area contributed by atoms with Crippen molar-refractivity contribution in [3.05, 3.63) is 71.1 Å². The van der Waals surface area contributed by atoms with Crippen molar-refractivity contribution in [2.75, 3.05) is 38.9 Å². The highest BCUT2D eigenvalue weighted by Crippen LogP contribution is 2.46. The summed E-state index contributed by atoms with van der Waals surface area (Å²) < 4.78 is 29.8. The molecule has 3 heterocycles. The van der Waals surface area contributed by atoms with E-state index in [0.717, 1.165) is 22.1 Å². The highest BCUT2D eigenvalue weighted by Gasteiger charge is 2.44. The minimum absolute atomic E-state index is 0.125. The van der Waals surface area contributed by atoms with Crippen LogP contribution in [-0.2, 0) is 21.7 Å². The Kier molecular flexibility index (Phi) is 5.27. The molecule has 170 valence electrons. The second-order valence-electron chi connectivity index (χ2n) is 7.62. The molecule has 0 amide bonds. The summed E-state index contributed by atoms with van der Waals surface area (Å²) in [7, 11) is 3.15. The molecule has 5 rings (SSSR count). The molecular weight excluding hydrogens is 424 g/mol. The van der Waals surface area contributed by atoms with Crippen molar-refractivity contribution in [2.24, 2.45) is 0 Å². The zero-order valence-electron chi connectivity index (χ0n) is 18.3. The summed E-state index contributed by atoms with van der Waals surface area (Å²) in [5.74, 6) is 0.801. The normalized spacial score (nSPS) is 15.1. The number of benzene rings is 2. The quantitative estimate of drug-likeness (QED) is 0.457. The maximum absolute atomic E-state index is 6.36. The van der Waals surface area contributed by atoms with Crippen molar-refractivity contribution in [3.8, 4) is 11.5 Å². The van der Waals surface area contributed by atoms with Crippen molar-refractivity contribution >= 4 is 22.7 Å². The van der Waals surface area contributed by atoms with Crippen LogP contribution in [0.15, 0.2) is 53.1 Å². The fourth-order valence-corrected chi connectivity index (χ4v) is 4.16. The van der Waals surface area contributed by atoms with E-state index in [9.17, 15) is 0 Å². The molecule has 0 unspecified atom stereocenters. The third-order valence-electron chi connectivity index (χ3n) is 5.71. The number of nitrogens with two attached hydrogens (primary N) is 2. The van der Waals surface area contributed by atoms with Crippen molar-refractivity contribution in [2.45, 2.75) is 12.2 Å². The summed E-state index contributed by atoms with van der Waals surface area (Å²) in [6.45, 7) is 0.886. The predicted molar refractivity (Wildman–Crippen MR) is 122 cm³/mol. The second kappa shape index (κ2) is 8.27. The molecule has 0 radical (unpaired) electrons. The van der Waals surface area contributed by atoms with E-state index in [-0.39, 0.29) is 5.95 Å². The maximum Gasteiger partial charge on any atom is 0.256 e. The highest BCUT2D eigenvalue weighted by molar-refractivity contribution is 5.90. The average molecular weight is 448 g/mol. The molecule has 0 spiro atoms. The molecule has 4 N–H and O–H groups in total. The fraction of sp³-hybridized carbons (Fsp3) is 0.250. The smallest absolute Gasteiger partial charge is 0.256 e. The summed E-state index contributed by atoms with van der Waals surface area (Å²) in [5.41, 5.74) is 14.7. The van der Waals surface area contributed by atoms with Crippen molar-refractivity contribution < 1.29 is 23.4 Å². The molecule has 1 aliphatic rings. The van der Waals surface area contributed by atoms with Crippen LogP contribution in [0.2, 0.25) is 0 Å². The van der Waals surface area contributed by atoms with Gasteiger partial charge in [-0.2, -0.15) is 4.98 Å². The van der Waals surface area contributed by atoms with Gasteiger partial charge in [0.05, 0.1) is 27.4 Å². The third kappa shape index (κ3) is 3.51. The lowest BCUT2D eigenvalue weighted by atomic mass is 9.99. The highest BCUT2D eigenvalue weighted by atomic mass is 16.7. The van der Waals surface area contributed by atoms with E-state index in [1.807, 2.05) is 42.5 Å². The van der Waals surface area contributed by atoms with Crippen molar-refractivity contribution in [1.82, 2.24) is 9.97 Å². The van der Waals surface area contributed by atoms with Crippen LogP contribution in [0, 0.1) is 0 Å². The van der Waals surface area contributed by atoms with Gasteiger partial charge in [-0.25, -0.2) is 4.98 Å². The number of anilines is 2. The molecule has 9 heteroatoms. The van der Waals surface area contributed by atoms with Gasteiger partial charge in [-0.15, -0.1) is 0 Å². The lowest BCUT2D eigenvalue weighted by Crippen LogP contribution is -2.27. The fourth-order valence-electron chi connectivity index (χ4n) is 4.16. The summed E-state index contributed by atoms with van der Waals surface area (Å²) in [5, 5.41) is 0.813. The van der Waals surface area contributed by atoms with Gasteiger partial charge in [0, 0.05) is 29.1 Å². The topological polar surface area (TPSA) is 128 Å². The Morgan fingerprint density at radius 2 is 1.76 bits per heavy atom. The first kappa shape index (κ1) is 21.0.